The monoisotopic (exact) mass is 266 g/mol. The van der Waals surface area contributed by atoms with Crippen molar-refractivity contribution in [3.8, 4) is 0 Å². The Balaban J connectivity index is 2.27. The number of pyridine rings is 1. The second kappa shape index (κ2) is 5.92. The molecule has 0 unspecified atom stereocenters. The van der Waals surface area contributed by atoms with E-state index in [0.717, 1.165) is 30.5 Å². The van der Waals surface area contributed by atoms with Gasteiger partial charge in [-0.3, -0.25) is 0 Å². The third kappa shape index (κ3) is 2.80. The number of anilines is 1. The molecule has 1 fully saturated rings. The second-order valence-corrected chi connectivity index (χ2v) is 5.62. The lowest BCUT2D eigenvalue weighted by Gasteiger charge is -2.33. The molecule has 2 nitrogen and oxygen atoms in total. The Kier molecular flexibility index (Phi) is 4.50. The standard InChI is InChI=1S/C15H23ClN2/c1-4-18(10-13-6-5-7-13)15-14(9-16)11(2)8-12(3)17-15/h8,13H,4-7,9-10H2,1-3H3. The maximum absolute atomic E-state index is 6.11. The normalized spacial score (nSPS) is 15.6. The van der Waals surface area contributed by atoms with Crippen molar-refractivity contribution in [2.75, 3.05) is 18.0 Å². The van der Waals surface area contributed by atoms with Crippen LogP contribution in [0.25, 0.3) is 0 Å². The van der Waals surface area contributed by atoms with Gasteiger partial charge in [-0.2, -0.15) is 0 Å². The van der Waals surface area contributed by atoms with Gasteiger partial charge in [0.1, 0.15) is 5.82 Å². The first-order valence-electron chi connectivity index (χ1n) is 6.93. The molecule has 1 aliphatic rings. The molecular formula is C15H23ClN2. The zero-order valence-corrected chi connectivity index (χ0v) is 12.4. The fourth-order valence-electron chi connectivity index (χ4n) is 2.62. The molecule has 0 aliphatic heterocycles. The van der Waals surface area contributed by atoms with Crippen molar-refractivity contribution in [1.82, 2.24) is 4.98 Å². The van der Waals surface area contributed by atoms with Gasteiger partial charge in [0, 0.05) is 24.3 Å². The quantitative estimate of drug-likeness (QED) is 0.747. The van der Waals surface area contributed by atoms with Crippen LogP contribution in [0.1, 0.15) is 43.0 Å². The zero-order valence-electron chi connectivity index (χ0n) is 11.7. The molecule has 0 saturated heterocycles. The molecule has 1 heterocycles. The first kappa shape index (κ1) is 13.7. The van der Waals surface area contributed by atoms with E-state index in [0.29, 0.717) is 5.88 Å². The van der Waals surface area contributed by atoms with E-state index < -0.39 is 0 Å². The van der Waals surface area contributed by atoms with Crippen LogP contribution < -0.4 is 4.90 Å². The molecular weight excluding hydrogens is 244 g/mol. The van der Waals surface area contributed by atoms with Crippen LogP contribution in [0.5, 0.6) is 0 Å². The third-order valence-corrected chi connectivity index (χ3v) is 4.24. The molecule has 0 bridgehead atoms. The molecule has 100 valence electrons. The van der Waals surface area contributed by atoms with Gasteiger partial charge in [0.05, 0.1) is 5.88 Å². The second-order valence-electron chi connectivity index (χ2n) is 5.35. The number of aromatic nitrogens is 1. The Hall–Kier alpha value is -0.760. The molecule has 0 aromatic carbocycles. The summed E-state index contributed by atoms with van der Waals surface area (Å²) in [4.78, 5) is 7.13. The number of hydrogen-bond acceptors (Lipinski definition) is 2. The smallest absolute Gasteiger partial charge is 0.133 e. The topological polar surface area (TPSA) is 16.1 Å². The molecule has 3 heteroatoms. The lowest BCUT2D eigenvalue weighted by atomic mass is 9.85. The Morgan fingerprint density at radius 1 is 1.39 bits per heavy atom. The number of hydrogen-bond donors (Lipinski definition) is 0. The Labute approximate surface area is 115 Å². The van der Waals surface area contributed by atoms with Gasteiger partial charge in [-0.05, 0) is 51.2 Å². The van der Waals surface area contributed by atoms with E-state index in [2.05, 4.69) is 31.7 Å². The van der Waals surface area contributed by atoms with Crippen LogP contribution in [0.2, 0.25) is 0 Å². The maximum atomic E-state index is 6.11. The minimum atomic E-state index is 0.551. The first-order valence-corrected chi connectivity index (χ1v) is 7.47. The highest BCUT2D eigenvalue weighted by molar-refractivity contribution is 6.17. The van der Waals surface area contributed by atoms with Crippen LogP contribution in [-0.2, 0) is 5.88 Å². The zero-order chi connectivity index (χ0) is 13.1. The maximum Gasteiger partial charge on any atom is 0.133 e. The summed E-state index contributed by atoms with van der Waals surface area (Å²) in [6, 6.07) is 2.12. The van der Waals surface area contributed by atoms with Crippen molar-refractivity contribution in [2.45, 2.75) is 45.9 Å². The van der Waals surface area contributed by atoms with E-state index in [1.165, 1.54) is 30.4 Å². The third-order valence-electron chi connectivity index (χ3n) is 3.97. The summed E-state index contributed by atoms with van der Waals surface area (Å²) in [7, 11) is 0. The summed E-state index contributed by atoms with van der Waals surface area (Å²) < 4.78 is 0. The van der Waals surface area contributed by atoms with Crippen LogP contribution in [-0.4, -0.2) is 18.1 Å². The molecule has 0 N–H and O–H groups in total. The van der Waals surface area contributed by atoms with Crippen molar-refractivity contribution in [1.29, 1.82) is 0 Å². The number of rotatable bonds is 5. The van der Waals surface area contributed by atoms with Crippen LogP contribution in [0.4, 0.5) is 5.82 Å². The molecule has 0 radical (unpaired) electrons. The molecule has 1 aromatic heterocycles. The van der Waals surface area contributed by atoms with Crippen molar-refractivity contribution in [3.63, 3.8) is 0 Å². The molecule has 1 aromatic rings. The molecule has 18 heavy (non-hydrogen) atoms. The summed E-state index contributed by atoms with van der Waals surface area (Å²) >= 11 is 6.11. The predicted molar refractivity (Wildman–Crippen MR) is 78.5 cm³/mol. The van der Waals surface area contributed by atoms with Gasteiger partial charge < -0.3 is 4.90 Å². The van der Waals surface area contributed by atoms with Crippen LogP contribution in [0, 0.1) is 19.8 Å². The molecule has 0 amide bonds. The Morgan fingerprint density at radius 3 is 2.61 bits per heavy atom. The summed E-state index contributed by atoms with van der Waals surface area (Å²) in [5, 5.41) is 0. The molecule has 1 saturated carbocycles. The van der Waals surface area contributed by atoms with Gasteiger partial charge in [-0.15, -0.1) is 11.6 Å². The molecule has 2 rings (SSSR count). The van der Waals surface area contributed by atoms with Crippen LogP contribution >= 0.6 is 11.6 Å². The number of aryl methyl sites for hydroxylation is 2. The highest BCUT2D eigenvalue weighted by Crippen LogP contribution is 2.30. The van der Waals surface area contributed by atoms with Gasteiger partial charge >= 0.3 is 0 Å². The van der Waals surface area contributed by atoms with E-state index in [1.54, 1.807) is 0 Å². The molecule has 1 aliphatic carbocycles. The predicted octanol–water partition coefficient (Wildman–Crippen LogP) is 4.06. The molecule has 0 spiro atoms. The molecule has 0 atom stereocenters. The number of nitrogens with zero attached hydrogens (tertiary/aromatic N) is 2. The first-order chi connectivity index (χ1) is 8.65. The highest BCUT2D eigenvalue weighted by atomic mass is 35.5. The van der Waals surface area contributed by atoms with Crippen molar-refractivity contribution >= 4 is 17.4 Å². The number of halogens is 1. The average molecular weight is 267 g/mol. The van der Waals surface area contributed by atoms with Gasteiger partial charge in [0.15, 0.2) is 0 Å². The number of alkyl halides is 1. The minimum absolute atomic E-state index is 0.551. The fraction of sp³-hybridized carbons (Fsp3) is 0.667. The lowest BCUT2D eigenvalue weighted by Crippen LogP contribution is -2.33. The van der Waals surface area contributed by atoms with Crippen LogP contribution in [0.3, 0.4) is 0 Å². The van der Waals surface area contributed by atoms with Crippen molar-refractivity contribution in [2.24, 2.45) is 5.92 Å². The van der Waals surface area contributed by atoms with Gasteiger partial charge in [0.25, 0.3) is 0 Å². The van der Waals surface area contributed by atoms with Crippen LogP contribution in [0.15, 0.2) is 6.07 Å². The van der Waals surface area contributed by atoms with Gasteiger partial charge in [-0.25, -0.2) is 4.98 Å². The Bertz CT molecular complexity index is 413. The Morgan fingerprint density at radius 2 is 2.11 bits per heavy atom. The average Bonchev–Trinajstić information content (AvgIpc) is 2.27. The SMILES string of the molecule is CCN(CC1CCC1)c1nc(C)cc(C)c1CCl. The van der Waals surface area contributed by atoms with Gasteiger partial charge in [-0.1, -0.05) is 6.42 Å². The largest absolute Gasteiger partial charge is 0.356 e. The fourth-order valence-corrected chi connectivity index (χ4v) is 2.95. The summed E-state index contributed by atoms with van der Waals surface area (Å²) in [5.41, 5.74) is 3.55. The van der Waals surface area contributed by atoms with Crippen molar-refractivity contribution < 1.29 is 0 Å². The summed E-state index contributed by atoms with van der Waals surface area (Å²) in [5.74, 6) is 2.52. The van der Waals surface area contributed by atoms with E-state index >= 15 is 0 Å². The van der Waals surface area contributed by atoms with Crippen molar-refractivity contribution in [3.05, 3.63) is 22.9 Å². The highest BCUT2D eigenvalue weighted by Gasteiger charge is 2.22. The summed E-state index contributed by atoms with van der Waals surface area (Å²) in [6.07, 6.45) is 4.14. The van der Waals surface area contributed by atoms with E-state index in [-0.39, 0.29) is 0 Å². The van der Waals surface area contributed by atoms with E-state index in [1.807, 2.05) is 0 Å². The van der Waals surface area contributed by atoms with E-state index in [4.69, 9.17) is 16.6 Å². The van der Waals surface area contributed by atoms with Gasteiger partial charge in [0.2, 0.25) is 0 Å². The lowest BCUT2D eigenvalue weighted by molar-refractivity contribution is 0.318. The van der Waals surface area contributed by atoms with E-state index in [9.17, 15) is 0 Å². The minimum Gasteiger partial charge on any atom is -0.356 e. The summed E-state index contributed by atoms with van der Waals surface area (Å²) in [6.45, 7) is 8.54.